The first-order valence-corrected chi connectivity index (χ1v) is 10.4. The fourth-order valence-electron chi connectivity index (χ4n) is 3.26. The van der Waals surface area contributed by atoms with Crippen molar-refractivity contribution in [3.8, 4) is 0 Å². The van der Waals surface area contributed by atoms with Gasteiger partial charge in [-0.2, -0.15) is 0 Å². The number of anilines is 1. The lowest BCUT2D eigenvalue weighted by Crippen LogP contribution is -2.21. The van der Waals surface area contributed by atoms with Crippen LogP contribution in [0.15, 0.2) is 53.4 Å². The Labute approximate surface area is 161 Å². The van der Waals surface area contributed by atoms with Crippen molar-refractivity contribution in [1.29, 1.82) is 0 Å². The van der Waals surface area contributed by atoms with Crippen LogP contribution in [0.4, 0.5) is 5.69 Å². The molecule has 1 fully saturated rings. The van der Waals surface area contributed by atoms with E-state index in [0.29, 0.717) is 5.25 Å². The SMILES string of the molecule is CC(C)Sc1ccccc1C(=O)Nc1ccc(CCN2CCCC2)cc1. The van der Waals surface area contributed by atoms with Crippen LogP contribution in [0.2, 0.25) is 0 Å². The van der Waals surface area contributed by atoms with Crippen molar-refractivity contribution in [2.45, 2.75) is 43.3 Å². The Morgan fingerprint density at radius 1 is 1.08 bits per heavy atom. The number of nitrogens with one attached hydrogen (secondary N) is 1. The van der Waals surface area contributed by atoms with Crippen molar-refractivity contribution < 1.29 is 4.79 Å². The molecule has 0 unspecified atom stereocenters. The standard InChI is InChI=1S/C22H28N2OS/c1-17(2)26-21-8-4-3-7-20(21)22(25)23-19-11-9-18(10-12-19)13-16-24-14-5-6-15-24/h3-4,7-12,17H,5-6,13-16H2,1-2H3,(H,23,25). The summed E-state index contributed by atoms with van der Waals surface area (Å²) in [7, 11) is 0. The molecule has 1 saturated heterocycles. The summed E-state index contributed by atoms with van der Waals surface area (Å²) in [6.07, 6.45) is 3.74. The van der Waals surface area contributed by atoms with E-state index in [1.165, 1.54) is 31.5 Å². The highest BCUT2D eigenvalue weighted by Crippen LogP contribution is 2.27. The predicted molar refractivity (Wildman–Crippen MR) is 111 cm³/mol. The van der Waals surface area contributed by atoms with E-state index >= 15 is 0 Å². The summed E-state index contributed by atoms with van der Waals surface area (Å²) >= 11 is 1.72. The minimum Gasteiger partial charge on any atom is -0.322 e. The van der Waals surface area contributed by atoms with Gasteiger partial charge in [-0.25, -0.2) is 0 Å². The molecule has 3 rings (SSSR count). The average molecular weight is 369 g/mol. The summed E-state index contributed by atoms with van der Waals surface area (Å²) in [5.41, 5.74) is 2.92. The second-order valence-corrected chi connectivity index (χ2v) is 8.73. The van der Waals surface area contributed by atoms with E-state index in [-0.39, 0.29) is 5.91 Å². The second-order valence-electron chi connectivity index (χ2n) is 7.11. The van der Waals surface area contributed by atoms with E-state index in [0.717, 1.165) is 29.1 Å². The molecule has 1 heterocycles. The van der Waals surface area contributed by atoms with Gasteiger partial charge in [-0.1, -0.05) is 38.1 Å². The van der Waals surface area contributed by atoms with Crippen LogP contribution in [-0.4, -0.2) is 35.7 Å². The number of carbonyl (C=O) groups is 1. The number of rotatable bonds is 7. The quantitative estimate of drug-likeness (QED) is 0.692. The zero-order chi connectivity index (χ0) is 18.4. The Hall–Kier alpha value is -1.78. The van der Waals surface area contributed by atoms with Crippen LogP contribution in [0.25, 0.3) is 0 Å². The van der Waals surface area contributed by atoms with E-state index < -0.39 is 0 Å². The maximum Gasteiger partial charge on any atom is 0.256 e. The first-order chi connectivity index (χ1) is 12.6. The van der Waals surface area contributed by atoms with Gasteiger partial charge in [0.2, 0.25) is 0 Å². The van der Waals surface area contributed by atoms with Crippen molar-refractivity contribution in [3.63, 3.8) is 0 Å². The molecule has 138 valence electrons. The third-order valence-electron chi connectivity index (χ3n) is 4.62. The van der Waals surface area contributed by atoms with Crippen LogP contribution in [-0.2, 0) is 6.42 Å². The molecular weight excluding hydrogens is 340 g/mol. The number of nitrogens with zero attached hydrogens (tertiary/aromatic N) is 1. The first kappa shape index (κ1) is 19.0. The fourth-order valence-corrected chi connectivity index (χ4v) is 4.21. The Morgan fingerprint density at radius 2 is 1.77 bits per heavy atom. The molecule has 0 aliphatic carbocycles. The van der Waals surface area contributed by atoms with Crippen molar-refractivity contribution in [2.75, 3.05) is 25.0 Å². The van der Waals surface area contributed by atoms with Crippen LogP contribution in [0, 0.1) is 0 Å². The van der Waals surface area contributed by atoms with Crippen molar-refractivity contribution in [3.05, 3.63) is 59.7 Å². The van der Waals surface area contributed by atoms with Crippen molar-refractivity contribution >= 4 is 23.4 Å². The summed E-state index contributed by atoms with van der Waals surface area (Å²) in [4.78, 5) is 16.2. The minimum atomic E-state index is -0.0430. The fraction of sp³-hybridized carbons (Fsp3) is 0.409. The van der Waals surface area contributed by atoms with Gasteiger partial charge in [-0.05, 0) is 62.2 Å². The molecule has 1 N–H and O–H groups in total. The summed E-state index contributed by atoms with van der Waals surface area (Å²) in [5, 5.41) is 3.48. The van der Waals surface area contributed by atoms with Gasteiger partial charge in [0, 0.05) is 22.4 Å². The molecule has 1 amide bonds. The van der Waals surface area contributed by atoms with Crippen LogP contribution in [0.3, 0.4) is 0 Å². The lowest BCUT2D eigenvalue weighted by atomic mass is 10.1. The van der Waals surface area contributed by atoms with Gasteiger partial charge >= 0.3 is 0 Å². The van der Waals surface area contributed by atoms with Gasteiger partial charge in [0.15, 0.2) is 0 Å². The second kappa shape index (κ2) is 9.24. The lowest BCUT2D eigenvalue weighted by molar-refractivity contribution is 0.102. The number of hydrogen-bond acceptors (Lipinski definition) is 3. The van der Waals surface area contributed by atoms with E-state index in [9.17, 15) is 4.79 Å². The van der Waals surface area contributed by atoms with Crippen LogP contribution >= 0.6 is 11.8 Å². The van der Waals surface area contributed by atoms with Gasteiger partial charge in [0.25, 0.3) is 5.91 Å². The number of benzene rings is 2. The van der Waals surface area contributed by atoms with Gasteiger partial charge in [-0.3, -0.25) is 4.79 Å². The zero-order valence-corrected chi connectivity index (χ0v) is 16.5. The molecule has 1 aliphatic rings. The molecule has 0 aromatic heterocycles. The average Bonchev–Trinajstić information content (AvgIpc) is 3.14. The predicted octanol–water partition coefficient (Wildman–Crippen LogP) is 5.08. The molecule has 0 saturated carbocycles. The van der Waals surface area contributed by atoms with Gasteiger partial charge < -0.3 is 10.2 Å². The van der Waals surface area contributed by atoms with E-state index in [1.807, 2.05) is 36.4 Å². The summed E-state index contributed by atoms with van der Waals surface area (Å²) in [5.74, 6) is -0.0430. The van der Waals surface area contributed by atoms with Crippen LogP contribution in [0.1, 0.15) is 42.6 Å². The highest BCUT2D eigenvalue weighted by molar-refractivity contribution is 8.00. The lowest BCUT2D eigenvalue weighted by Gasteiger charge is -2.14. The van der Waals surface area contributed by atoms with Crippen molar-refractivity contribution in [2.24, 2.45) is 0 Å². The number of likely N-dealkylation sites (tertiary alicyclic amines) is 1. The van der Waals surface area contributed by atoms with E-state index in [4.69, 9.17) is 0 Å². The highest BCUT2D eigenvalue weighted by atomic mass is 32.2. The highest BCUT2D eigenvalue weighted by Gasteiger charge is 2.13. The number of carbonyl (C=O) groups excluding carboxylic acids is 1. The Balaban J connectivity index is 1.59. The number of thioether (sulfide) groups is 1. The van der Waals surface area contributed by atoms with Crippen LogP contribution < -0.4 is 5.32 Å². The molecule has 4 heteroatoms. The molecule has 3 nitrogen and oxygen atoms in total. The Bertz CT molecular complexity index is 721. The largest absolute Gasteiger partial charge is 0.322 e. The smallest absolute Gasteiger partial charge is 0.256 e. The molecule has 2 aromatic rings. The third kappa shape index (κ3) is 5.36. The van der Waals surface area contributed by atoms with Crippen LogP contribution in [0.5, 0.6) is 0 Å². The maximum absolute atomic E-state index is 12.7. The zero-order valence-electron chi connectivity index (χ0n) is 15.7. The summed E-state index contributed by atoms with van der Waals surface area (Å²) in [6.45, 7) is 7.88. The number of amides is 1. The molecule has 0 radical (unpaired) electrons. The molecule has 26 heavy (non-hydrogen) atoms. The molecule has 0 spiro atoms. The van der Waals surface area contributed by atoms with Gasteiger partial charge in [-0.15, -0.1) is 11.8 Å². The minimum absolute atomic E-state index is 0.0430. The van der Waals surface area contributed by atoms with Gasteiger partial charge in [0.05, 0.1) is 5.56 Å². The van der Waals surface area contributed by atoms with Gasteiger partial charge in [0.1, 0.15) is 0 Å². The molecule has 0 bridgehead atoms. The normalized spacial score (nSPS) is 14.7. The summed E-state index contributed by atoms with van der Waals surface area (Å²) in [6, 6.07) is 16.1. The number of hydrogen-bond donors (Lipinski definition) is 1. The third-order valence-corrected chi connectivity index (χ3v) is 5.70. The van der Waals surface area contributed by atoms with Crippen molar-refractivity contribution in [1.82, 2.24) is 4.90 Å². The van der Waals surface area contributed by atoms with E-state index in [2.05, 4.69) is 36.2 Å². The monoisotopic (exact) mass is 368 g/mol. The molecule has 0 atom stereocenters. The molecular formula is C22H28N2OS. The molecule has 2 aromatic carbocycles. The Morgan fingerprint density at radius 3 is 2.46 bits per heavy atom. The Kier molecular flexibility index (Phi) is 6.75. The first-order valence-electron chi connectivity index (χ1n) is 9.50. The topological polar surface area (TPSA) is 32.3 Å². The molecule has 1 aliphatic heterocycles. The van der Waals surface area contributed by atoms with E-state index in [1.54, 1.807) is 11.8 Å². The summed E-state index contributed by atoms with van der Waals surface area (Å²) < 4.78 is 0. The maximum atomic E-state index is 12.7.